The smallest absolute Gasteiger partial charge is 0.347 e. The number of hydrogen-bond acceptors (Lipinski definition) is 5. The van der Waals surface area contributed by atoms with Gasteiger partial charge in [-0.3, -0.25) is 4.79 Å². The van der Waals surface area contributed by atoms with E-state index in [-0.39, 0.29) is 18.5 Å². The highest BCUT2D eigenvalue weighted by atomic mass is 35.5. The fourth-order valence-corrected chi connectivity index (χ4v) is 3.43. The van der Waals surface area contributed by atoms with Crippen molar-refractivity contribution in [2.24, 2.45) is 0 Å². The number of urea groups is 1. The third-order valence-electron chi connectivity index (χ3n) is 5.06. The molecule has 1 aliphatic heterocycles. The third-order valence-corrected chi connectivity index (χ3v) is 5.29. The quantitative estimate of drug-likeness (QED) is 0.669. The molecule has 1 saturated heterocycles. The van der Waals surface area contributed by atoms with Gasteiger partial charge in [0.15, 0.2) is 12.7 Å². The van der Waals surface area contributed by atoms with Crippen molar-refractivity contribution in [1.82, 2.24) is 9.80 Å². The van der Waals surface area contributed by atoms with Crippen LogP contribution in [0.4, 0.5) is 10.5 Å². The number of rotatable bonds is 6. The molecule has 2 aromatic rings. The molecule has 3 rings (SSSR count). The maximum atomic E-state index is 12.4. The summed E-state index contributed by atoms with van der Waals surface area (Å²) in [5, 5.41) is 3.41. The molecule has 0 radical (unpaired) electrons. The highest BCUT2D eigenvalue weighted by molar-refractivity contribution is 6.30. The monoisotopic (exact) mass is 459 g/mol. The third kappa shape index (κ3) is 6.37. The van der Waals surface area contributed by atoms with Crippen molar-refractivity contribution in [2.45, 2.75) is 20.0 Å². The van der Waals surface area contributed by atoms with Crippen molar-refractivity contribution in [3.05, 3.63) is 59.1 Å². The Labute approximate surface area is 192 Å². The summed E-state index contributed by atoms with van der Waals surface area (Å²) in [5.41, 5.74) is 1.51. The van der Waals surface area contributed by atoms with Crippen molar-refractivity contribution in [2.75, 3.05) is 38.1 Å². The molecule has 32 heavy (non-hydrogen) atoms. The van der Waals surface area contributed by atoms with E-state index in [1.807, 2.05) is 37.3 Å². The van der Waals surface area contributed by atoms with Crippen molar-refractivity contribution >= 4 is 35.2 Å². The van der Waals surface area contributed by atoms with Gasteiger partial charge in [-0.15, -0.1) is 0 Å². The summed E-state index contributed by atoms with van der Waals surface area (Å²) < 4.78 is 10.8. The fourth-order valence-electron chi connectivity index (χ4n) is 3.21. The number of ether oxygens (including phenoxy) is 2. The molecule has 0 saturated carbocycles. The number of hydrogen-bond donors (Lipinski definition) is 1. The Morgan fingerprint density at radius 3 is 2.34 bits per heavy atom. The lowest BCUT2D eigenvalue weighted by molar-refractivity contribution is -0.157. The van der Waals surface area contributed by atoms with Gasteiger partial charge in [0.05, 0.1) is 0 Å². The van der Waals surface area contributed by atoms with Gasteiger partial charge < -0.3 is 24.6 Å². The number of nitrogens with zero attached hydrogens (tertiary/aromatic N) is 2. The molecule has 1 unspecified atom stereocenters. The number of piperazine rings is 1. The van der Waals surface area contributed by atoms with Crippen LogP contribution in [0.25, 0.3) is 0 Å². The maximum absolute atomic E-state index is 12.4. The molecule has 2 aromatic carbocycles. The number of nitrogens with one attached hydrogen (secondary N) is 1. The van der Waals surface area contributed by atoms with Crippen LogP contribution < -0.4 is 10.1 Å². The van der Waals surface area contributed by atoms with Crippen molar-refractivity contribution in [3.8, 4) is 5.75 Å². The summed E-state index contributed by atoms with van der Waals surface area (Å²) in [7, 11) is 0. The van der Waals surface area contributed by atoms with Crippen molar-refractivity contribution in [3.63, 3.8) is 0 Å². The summed E-state index contributed by atoms with van der Waals surface area (Å²) in [6.07, 6.45) is -0.874. The summed E-state index contributed by atoms with van der Waals surface area (Å²) >= 11 is 5.92. The fraction of sp³-hybridized carbons (Fsp3) is 0.348. The minimum Gasteiger partial charge on any atom is -0.479 e. The molecule has 0 spiro atoms. The first-order valence-electron chi connectivity index (χ1n) is 10.3. The van der Waals surface area contributed by atoms with Gasteiger partial charge in [0.2, 0.25) is 0 Å². The Balaban J connectivity index is 1.40. The largest absolute Gasteiger partial charge is 0.479 e. The average Bonchev–Trinajstić information content (AvgIpc) is 2.79. The van der Waals surface area contributed by atoms with Crippen molar-refractivity contribution in [1.29, 1.82) is 0 Å². The van der Waals surface area contributed by atoms with Crippen LogP contribution in [0.1, 0.15) is 12.5 Å². The number of carbonyl (C=O) groups is 3. The number of esters is 1. The standard InChI is InChI=1S/C23H26ClN3O5/c1-16-14-18(24)8-9-20(16)32-17(2)22(29)31-15-21(28)26-10-12-27(13-11-26)23(30)25-19-6-4-3-5-7-19/h3-9,14,17H,10-13,15H2,1-2H3,(H,25,30). The van der Waals surface area contributed by atoms with Crippen molar-refractivity contribution < 1.29 is 23.9 Å². The Bertz CT molecular complexity index is 961. The lowest BCUT2D eigenvalue weighted by Gasteiger charge is -2.34. The first kappa shape index (κ1) is 23.4. The normalized spacial score (nSPS) is 14.5. The zero-order chi connectivity index (χ0) is 23.1. The van der Waals surface area contributed by atoms with E-state index >= 15 is 0 Å². The second-order valence-electron chi connectivity index (χ2n) is 7.44. The van der Waals surface area contributed by atoms with E-state index in [1.54, 1.807) is 34.9 Å². The molecule has 1 fully saturated rings. The number of para-hydroxylation sites is 1. The number of carbonyl (C=O) groups excluding carboxylic acids is 3. The molecule has 0 bridgehead atoms. The number of benzene rings is 2. The maximum Gasteiger partial charge on any atom is 0.347 e. The Kier molecular flexibility index (Phi) is 7.94. The summed E-state index contributed by atoms with van der Waals surface area (Å²) in [4.78, 5) is 40.2. The molecule has 1 aliphatic rings. The lowest BCUT2D eigenvalue weighted by Crippen LogP contribution is -2.52. The molecule has 0 aromatic heterocycles. The van der Waals surface area contributed by atoms with Crippen LogP contribution >= 0.6 is 11.6 Å². The number of halogens is 1. The molecule has 0 aliphatic carbocycles. The van der Waals surface area contributed by atoms with Crippen LogP contribution in [0.2, 0.25) is 5.02 Å². The number of amides is 3. The predicted octanol–water partition coefficient (Wildman–Crippen LogP) is 3.34. The van der Waals surface area contributed by atoms with Gasteiger partial charge in [-0.1, -0.05) is 29.8 Å². The van der Waals surface area contributed by atoms with Gasteiger partial charge in [0, 0.05) is 36.9 Å². The first-order valence-corrected chi connectivity index (χ1v) is 10.7. The average molecular weight is 460 g/mol. The summed E-state index contributed by atoms with van der Waals surface area (Å²) in [6.45, 7) is 4.54. The van der Waals surface area contributed by atoms with E-state index in [0.29, 0.717) is 42.6 Å². The predicted molar refractivity (Wildman–Crippen MR) is 121 cm³/mol. The molecule has 3 amide bonds. The van der Waals surface area contributed by atoms with Crippen LogP contribution in [0.3, 0.4) is 0 Å². The van der Waals surface area contributed by atoms with Gasteiger partial charge in [-0.05, 0) is 49.7 Å². The van der Waals surface area contributed by atoms with E-state index in [0.717, 1.165) is 5.56 Å². The van der Waals surface area contributed by atoms with Gasteiger partial charge >= 0.3 is 12.0 Å². The van der Waals surface area contributed by atoms with Crippen LogP contribution in [0, 0.1) is 6.92 Å². The molecular weight excluding hydrogens is 434 g/mol. The second kappa shape index (κ2) is 10.9. The highest BCUT2D eigenvalue weighted by Crippen LogP contribution is 2.23. The van der Waals surface area contributed by atoms with Crippen LogP contribution in [-0.4, -0.2) is 66.6 Å². The van der Waals surface area contributed by atoms with E-state index in [2.05, 4.69) is 5.32 Å². The van der Waals surface area contributed by atoms with Crippen LogP contribution in [0.5, 0.6) is 5.75 Å². The number of anilines is 1. The zero-order valence-corrected chi connectivity index (χ0v) is 18.8. The van der Waals surface area contributed by atoms with Gasteiger partial charge in [-0.25, -0.2) is 9.59 Å². The lowest BCUT2D eigenvalue weighted by atomic mass is 10.2. The molecule has 8 nitrogen and oxygen atoms in total. The van der Waals surface area contributed by atoms with E-state index in [1.165, 1.54) is 0 Å². The Morgan fingerprint density at radius 2 is 1.69 bits per heavy atom. The molecule has 170 valence electrons. The van der Waals surface area contributed by atoms with Gasteiger partial charge in [0.25, 0.3) is 5.91 Å². The molecular formula is C23H26ClN3O5. The SMILES string of the molecule is Cc1cc(Cl)ccc1OC(C)C(=O)OCC(=O)N1CCN(C(=O)Nc2ccccc2)CC1. The summed E-state index contributed by atoms with van der Waals surface area (Å²) in [5.74, 6) is -0.417. The first-order chi connectivity index (χ1) is 15.3. The van der Waals surface area contributed by atoms with E-state index < -0.39 is 12.1 Å². The molecule has 1 atom stereocenters. The second-order valence-corrected chi connectivity index (χ2v) is 7.88. The highest BCUT2D eigenvalue weighted by Gasteiger charge is 2.26. The Hall–Kier alpha value is -3.26. The molecule has 9 heteroatoms. The van der Waals surface area contributed by atoms with Gasteiger partial charge in [0.1, 0.15) is 5.75 Å². The minimum absolute atomic E-state index is 0.210. The van der Waals surface area contributed by atoms with E-state index in [9.17, 15) is 14.4 Å². The Morgan fingerprint density at radius 1 is 1.03 bits per heavy atom. The summed E-state index contributed by atoms with van der Waals surface area (Å²) in [6, 6.07) is 14.1. The zero-order valence-electron chi connectivity index (χ0n) is 18.0. The minimum atomic E-state index is -0.874. The van der Waals surface area contributed by atoms with Gasteiger partial charge in [-0.2, -0.15) is 0 Å². The topological polar surface area (TPSA) is 88.2 Å². The van der Waals surface area contributed by atoms with E-state index in [4.69, 9.17) is 21.1 Å². The molecule has 1 N–H and O–H groups in total. The van der Waals surface area contributed by atoms with Crippen LogP contribution in [-0.2, 0) is 14.3 Å². The number of aryl methyl sites for hydroxylation is 1. The molecule has 1 heterocycles. The van der Waals surface area contributed by atoms with Crippen LogP contribution in [0.15, 0.2) is 48.5 Å².